The van der Waals surface area contributed by atoms with Crippen LogP contribution in [0.1, 0.15) is 23.7 Å². The van der Waals surface area contributed by atoms with E-state index in [1.165, 1.54) is 5.56 Å². The molecule has 2 aliphatic rings. The molecule has 0 aliphatic carbocycles. The number of hydrazine groups is 1. The van der Waals surface area contributed by atoms with Gasteiger partial charge >= 0.3 is 0 Å². The number of rotatable bonds is 2. The van der Waals surface area contributed by atoms with Gasteiger partial charge in [0.15, 0.2) is 0 Å². The summed E-state index contributed by atoms with van der Waals surface area (Å²) in [5, 5.41) is 3.88. The molecule has 3 heterocycles. The Kier molecular flexibility index (Phi) is 2.82. The van der Waals surface area contributed by atoms with Gasteiger partial charge in [0.05, 0.1) is 11.7 Å². The zero-order valence-corrected chi connectivity index (χ0v) is 11.5. The molecule has 4 rings (SSSR count). The van der Waals surface area contributed by atoms with Crippen LogP contribution >= 0.6 is 0 Å². The maximum atomic E-state index is 12.0. The molecule has 0 spiro atoms. The number of carbonyl (C=O) groups is 1. The maximum Gasteiger partial charge on any atom is 0.242 e. The smallest absolute Gasteiger partial charge is 0.242 e. The first kappa shape index (κ1) is 12.3. The fraction of sp³-hybridized carbons (Fsp3) is 0.176. The number of hydrogen-bond donors (Lipinski definition) is 0. The van der Waals surface area contributed by atoms with E-state index in [2.05, 4.69) is 22.1 Å². The fourth-order valence-corrected chi connectivity index (χ4v) is 3.06. The Labute approximate surface area is 123 Å². The summed E-state index contributed by atoms with van der Waals surface area (Å²) >= 11 is 0. The number of benzene rings is 1. The Balaban J connectivity index is 1.82. The van der Waals surface area contributed by atoms with E-state index in [9.17, 15) is 4.79 Å². The van der Waals surface area contributed by atoms with Crippen LogP contribution in [0.4, 0.5) is 0 Å². The lowest BCUT2D eigenvalue weighted by molar-refractivity contribution is -0.132. The van der Waals surface area contributed by atoms with Crippen molar-refractivity contribution in [3.63, 3.8) is 0 Å². The van der Waals surface area contributed by atoms with Crippen molar-refractivity contribution in [2.24, 2.45) is 0 Å². The molecule has 0 unspecified atom stereocenters. The van der Waals surface area contributed by atoms with Crippen LogP contribution in [0.5, 0.6) is 0 Å². The number of nitrogens with zero attached hydrogens (tertiary/aromatic N) is 3. The van der Waals surface area contributed by atoms with Crippen molar-refractivity contribution in [3.8, 4) is 0 Å². The van der Waals surface area contributed by atoms with Gasteiger partial charge in [0.1, 0.15) is 0 Å². The van der Waals surface area contributed by atoms with Gasteiger partial charge in [-0.15, -0.1) is 0 Å². The van der Waals surface area contributed by atoms with Crippen molar-refractivity contribution in [2.45, 2.75) is 12.5 Å². The van der Waals surface area contributed by atoms with E-state index in [4.69, 9.17) is 0 Å². The molecule has 0 bridgehead atoms. The lowest BCUT2D eigenvalue weighted by atomic mass is 9.97. The Hall–Kier alpha value is -2.46. The van der Waals surface area contributed by atoms with Crippen molar-refractivity contribution in [3.05, 3.63) is 72.2 Å². The molecule has 0 saturated carbocycles. The molecule has 1 aromatic carbocycles. The van der Waals surface area contributed by atoms with Crippen molar-refractivity contribution >= 4 is 11.5 Å². The van der Waals surface area contributed by atoms with Crippen LogP contribution in [-0.2, 0) is 4.79 Å². The number of hydrogen-bond acceptors (Lipinski definition) is 3. The van der Waals surface area contributed by atoms with Crippen molar-refractivity contribution in [2.75, 3.05) is 6.54 Å². The van der Waals surface area contributed by atoms with Gasteiger partial charge in [-0.1, -0.05) is 36.4 Å². The standard InChI is InChI=1S/C17H15N3O/c21-16-9-11-19-17(13-6-2-1-3-7-13)14(12-20(16)19)15-8-4-5-10-18-15/h1-8,10,12,17H,9,11H2/t17-/m1/s1. The minimum Gasteiger partial charge on any atom is -0.273 e. The van der Waals surface area contributed by atoms with Crippen LogP contribution in [0, 0.1) is 0 Å². The molecule has 1 saturated heterocycles. The molecule has 4 heteroatoms. The average Bonchev–Trinajstić information content (AvgIpc) is 3.09. The van der Waals surface area contributed by atoms with E-state index in [1.54, 1.807) is 11.2 Å². The minimum absolute atomic E-state index is 0.0625. The van der Waals surface area contributed by atoms with Crippen LogP contribution in [0.15, 0.2) is 60.9 Å². The van der Waals surface area contributed by atoms with Gasteiger partial charge in [0.2, 0.25) is 5.91 Å². The molecule has 1 fully saturated rings. The van der Waals surface area contributed by atoms with Crippen molar-refractivity contribution in [1.82, 2.24) is 15.0 Å². The van der Waals surface area contributed by atoms with Crippen LogP contribution in [0.2, 0.25) is 0 Å². The van der Waals surface area contributed by atoms with Crippen molar-refractivity contribution in [1.29, 1.82) is 0 Å². The first-order valence-electron chi connectivity index (χ1n) is 7.11. The van der Waals surface area contributed by atoms with E-state index < -0.39 is 0 Å². The second kappa shape index (κ2) is 4.82. The molecule has 21 heavy (non-hydrogen) atoms. The normalized spacial score (nSPS) is 21.5. The van der Waals surface area contributed by atoms with Gasteiger partial charge in [0.25, 0.3) is 0 Å². The summed E-state index contributed by atoms with van der Waals surface area (Å²) in [6.07, 6.45) is 4.31. The Morgan fingerprint density at radius 1 is 1.05 bits per heavy atom. The number of carbonyl (C=O) groups excluding carboxylic acids is 1. The fourth-order valence-electron chi connectivity index (χ4n) is 3.06. The topological polar surface area (TPSA) is 36.4 Å². The highest BCUT2D eigenvalue weighted by Gasteiger charge is 2.41. The Bertz CT molecular complexity index is 696. The van der Waals surface area contributed by atoms with Gasteiger partial charge in [-0.25, -0.2) is 10.0 Å². The molecule has 1 aromatic heterocycles. The van der Waals surface area contributed by atoms with Gasteiger partial charge in [-0.05, 0) is 17.7 Å². The third-order valence-corrected chi connectivity index (χ3v) is 4.02. The van der Waals surface area contributed by atoms with E-state index in [-0.39, 0.29) is 11.9 Å². The molecule has 2 aliphatic heterocycles. The first-order chi connectivity index (χ1) is 10.3. The maximum absolute atomic E-state index is 12.0. The lowest BCUT2D eigenvalue weighted by Gasteiger charge is -2.26. The molecule has 1 atom stereocenters. The quantitative estimate of drug-likeness (QED) is 0.846. The summed E-state index contributed by atoms with van der Waals surface area (Å²) in [7, 11) is 0. The summed E-state index contributed by atoms with van der Waals surface area (Å²) in [6.45, 7) is 0.755. The summed E-state index contributed by atoms with van der Waals surface area (Å²) in [4.78, 5) is 16.5. The van der Waals surface area contributed by atoms with Gasteiger partial charge in [0, 0.05) is 30.9 Å². The number of pyridine rings is 1. The zero-order chi connectivity index (χ0) is 14.2. The highest BCUT2D eigenvalue weighted by molar-refractivity contribution is 5.84. The highest BCUT2D eigenvalue weighted by atomic mass is 16.2. The van der Waals surface area contributed by atoms with Gasteiger partial charge < -0.3 is 0 Å². The Morgan fingerprint density at radius 2 is 1.86 bits per heavy atom. The zero-order valence-electron chi connectivity index (χ0n) is 11.5. The number of fused-ring (bicyclic) bond motifs is 1. The third kappa shape index (κ3) is 1.96. The predicted molar refractivity (Wildman–Crippen MR) is 79.6 cm³/mol. The molecule has 4 nitrogen and oxygen atoms in total. The molecule has 2 aromatic rings. The van der Waals surface area contributed by atoms with E-state index in [0.29, 0.717) is 6.42 Å². The second-order valence-corrected chi connectivity index (χ2v) is 5.26. The largest absolute Gasteiger partial charge is 0.273 e. The summed E-state index contributed by atoms with van der Waals surface area (Å²) < 4.78 is 0. The number of aromatic nitrogens is 1. The summed E-state index contributed by atoms with van der Waals surface area (Å²) in [5.74, 6) is 0.155. The van der Waals surface area contributed by atoms with Gasteiger partial charge in [-0.3, -0.25) is 9.78 Å². The summed E-state index contributed by atoms with van der Waals surface area (Å²) in [6, 6.07) is 16.2. The van der Waals surface area contributed by atoms with Crippen LogP contribution in [0.25, 0.3) is 5.57 Å². The van der Waals surface area contributed by atoms with Crippen LogP contribution in [-0.4, -0.2) is 27.5 Å². The van der Waals surface area contributed by atoms with E-state index >= 15 is 0 Å². The van der Waals surface area contributed by atoms with Gasteiger partial charge in [-0.2, -0.15) is 0 Å². The Morgan fingerprint density at radius 3 is 2.62 bits per heavy atom. The average molecular weight is 277 g/mol. The lowest BCUT2D eigenvalue weighted by Crippen LogP contribution is -2.32. The highest BCUT2D eigenvalue weighted by Crippen LogP contribution is 2.43. The van der Waals surface area contributed by atoms with E-state index in [0.717, 1.165) is 17.8 Å². The van der Waals surface area contributed by atoms with Crippen molar-refractivity contribution < 1.29 is 4.79 Å². The van der Waals surface area contributed by atoms with Crippen LogP contribution < -0.4 is 0 Å². The minimum atomic E-state index is 0.0625. The molecule has 0 radical (unpaired) electrons. The molecular formula is C17H15N3O. The second-order valence-electron chi connectivity index (χ2n) is 5.26. The number of amides is 1. The van der Waals surface area contributed by atoms with E-state index in [1.807, 2.05) is 42.6 Å². The van der Waals surface area contributed by atoms with Crippen LogP contribution in [0.3, 0.4) is 0 Å². The molecular weight excluding hydrogens is 262 g/mol. The molecule has 1 amide bonds. The molecule has 104 valence electrons. The predicted octanol–water partition coefficient (Wildman–Crippen LogP) is 2.63. The summed E-state index contributed by atoms with van der Waals surface area (Å²) in [5.41, 5.74) is 3.19. The molecule has 0 N–H and O–H groups in total. The third-order valence-electron chi connectivity index (χ3n) is 4.02. The first-order valence-corrected chi connectivity index (χ1v) is 7.11. The SMILES string of the molecule is O=C1CCN2[C@H](c3ccccc3)C(c3ccccn3)=CN12. The monoisotopic (exact) mass is 277 g/mol.